The summed E-state index contributed by atoms with van der Waals surface area (Å²) in [6.45, 7) is 12.7. The Kier molecular flexibility index (Phi) is 5.14. The van der Waals surface area contributed by atoms with Crippen LogP contribution in [0.2, 0.25) is 0 Å². The Labute approximate surface area is 131 Å². The maximum absolute atomic E-state index is 3.63. The van der Waals surface area contributed by atoms with Crippen molar-refractivity contribution in [2.75, 3.05) is 6.54 Å². The summed E-state index contributed by atoms with van der Waals surface area (Å²) in [4.78, 5) is 0. The standard InChI is InChI=1S/C20H33N/c1-19(2,3)21-14-13-20(4,5)15-17-11-8-10-16-9-6-7-12-18(16)17/h6-7,9,12,17,21H,8,10-11,13-15H2,1-5H3. The zero-order valence-corrected chi connectivity index (χ0v) is 14.6. The van der Waals surface area contributed by atoms with E-state index < -0.39 is 0 Å². The molecule has 1 N–H and O–H groups in total. The Morgan fingerprint density at radius 1 is 1.10 bits per heavy atom. The zero-order valence-electron chi connectivity index (χ0n) is 14.6. The molecule has 21 heavy (non-hydrogen) atoms. The highest BCUT2D eigenvalue weighted by Gasteiger charge is 2.27. The van der Waals surface area contributed by atoms with Gasteiger partial charge in [0.2, 0.25) is 0 Å². The normalized spacial score (nSPS) is 19.4. The van der Waals surface area contributed by atoms with Gasteiger partial charge in [-0.2, -0.15) is 0 Å². The smallest absolute Gasteiger partial charge is 0.00965 e. The van der Waals surface area contributed by atoms with Crippen LogP contribution in [-0.2, 0) is 6.42 Å². The van der Waals surface area contributed by atoms with Crippen molar-refractivity contribution in [2.45, 2.75) is 78.2 Å². The van der Waals surface area contributed by atoms with Crippen LogP contribution in [0, 0.1) is 5.41 Å². The molecule has 118 valence electrons. The van der Waals surface area contributed by atoms with Crippen molar-refractivity contribution in [3.05, 3.63) is 35.4 Å². The molecule has 1 unspecified atom stereocenters. The van der Waals surface area contributed by atoms with Gasteiger partial charge in [0.05, 0.1) is 0 Å². The Balaban J connectivity index is 1.94. The third-order valence-corrected chi connectivity index (χ3v) is 4.75. The predicted octanol–water partition coefficient (Wildman–Crippen LogP) is 5.30. The van der Waals surface area contributed by atoms with Crippen LogP contribution in [-0.4, -0.2) is 12.1 Å². The SMILES string of the molecule is CC(C)(CCNC(C)(C)C)CC1CCCc2ccccc21. The Hall–Kier alpha value is -0.820. The third kappa shape index (κ3) is 5.14. The van der Waals surface area contributed by atoms with Gasteiger partial charge in [-0.3, -0.25) is 0 Å². The zero-order chi connectivity index (χ0) is 15.5. The summed E-state index contributed by atoms with van der Waals surface area (Å²) >= 11 is 0. The first-order valence-electron chi connectivity index (χ1n) is 8.60. The van der Waals surface area contributed by atoms with Crippen molar-refractivity contribution in [3.8, 4) is 0 Å². The van der Waals surface area contributed by atoms with Gasteiger partial charge < -0.3 is 5.32 Å². The molecule has 1 aromatic carbocycles. The summed E-state index contributed by atoms with van der Waals surface area (Å²) in [6, 6.07) is 9.10. The van der Waals surface area contributed by atoms with E-state index in [1.165, 1.54) is 32.1 Å². The van der Waals surface area contributed by atoms with Crippen molar-refractivity contribution in [1.82, 2.24) is 5.32 Å². The highest BCUT2D eigenvalue weighted by Crippen LogP contribution is 2.40. The number of hydrogen-bond acceptors (Lipinski definition) is 1. The predicted molar refractivity (Wildman–Crippen MR) is 92.9 cm³/mol. The summed E-state index contributed by atoms with van der Waals surface area (Å²) in [7, 11) is 0. The second-order valence-corrected chi connectivity index (χ2v) is 8.58. The molecule has 1 nitrogen and oxygen atoms in total. The van der Waals surface area contributed by atoms with Gasteiger partial charge in [0.15, 0.2) is 0 Å². The number of aryl methyl sites for hydroxylation is 1. The highest BCUT2D eigenvalue weighted by atomic mass is 14.9. The molecule has 0 amide bonds. The van der Waals surface area contributed by atoms with Gasteiger partial charge in [-0.25, -0.2) is 0 Å². The summed E-state index contributed by atoms with van der Waals surface area (Å²) in [5.41, 5.74) is 3.86. The Morgan fingerprint density at radius 2 is 1.81 bits per heavy atom. The molecular formula is C20H33N. The van der Waals surface area contributed by atoms with Crippen LogP contribution in [0.4, 0.5) is 0 Å². The molecule has 0 bridgehead atoms. The van der Waals surface area contributed by atoms with Crippen molar-refractivity contribution >= 4 is 0 Å². The van der Waals surface area contributed by atoms with E-state index in [0.717, 1.165) is 12.5 Å². The minimum atomic E-state index is 0.230. The maximum Gasteiger partial charge on any atom is 0.00965 e. The fourth-order valence-electron chi connectivity index (χ4n) is 3.61. The molecule has 0 aromatic heterocycles. The Morgan fingerprint density at radius 3 is 2.52 bits per heavy atom. The van der Waals surface area contributed by atoms with Crippen LogP contribution in [0.25, 0.3) is 0 Å². The van der Waals surface area contributed by atoms with Crippen molar-refractivity contribution in [1.29, 1.82) is 0 Å². The van der Waals surface area contributed by atoms with Crippen LogP contribution >= 0.6 is 0 Å². The van der Waals surface area contributed by atoms with Crippen LogP contribution < -0.4 is 5.32 Å². The van der Waals surface area contributed by atoms with Crippen molar-refractivity contribution in [2.24, 2.45) is 5.41 Å². The minimum absolute atomic E-state index is 0.230. The lowest BCUT2D eigenvalue weighted by Crippen LogP contribution is -2.38. The van der Waals surface area contributed by atoms with Gasteiger partial charge >= 0.3 is 0 Å². The van der Waals surface area contributed by atoms with Gasteiger partial charge in [-0.1, -0.05) is 38.1 Å². The number of nitrogens with one attached hydrogen (secondary N) is 1. The maximum atomic E-state index is 3.63. The highest BCUT2D eigenvalue weighted by molar-refractivity contribution is 5.32. The van der Waals surface area contributed by atoms with E-state index in [1.807, 2.05) is 0 Å². The molecule has 0 saturated heterocycles. The quantitative estimate of drug-likeness (QED) is 0.774. The van der Waals surface area contributed by atoms with Crippen molar-refractivity contribution < 1.29 is 0 Å². The van der Waals surface area contributed by atoms with Gasteiger partial charge in [0.25, 0.3) is 0 Å². The van der Waals surface area contributed by atoms with Crippen molar-refractivity contribution in [3.63, 3.8) is 0 Å². The summed E-state index contributed by atoms with van der Waals surface area (Å²) in [5, 5.41) is 3.63. The lowest BCUT2D eigenvalue weighted by Gasteiger charge is -2.34. The lowest BCUT2D eigenvalue weighted by molar-refractivity contribution is 0.254. The first kappa shape index (κ1) is 16.5. The van der Waals surface area contributed by atoms with Gasteiger partial charge in [0.1, 0.15) is 0 Å². The second-order valence-electron chi connectivity index (χ2n) is 8.58. The fourth-order valence-corrected chi connectivity index (χ4v) is 3.61. The first-order valence-corrected chi connectivity index (χ1v) is 8.60. The average Bonchev–Trinajstić information content (AvgIpc) is 2.37. The van der Waals surface area contributed by atoms with Crippen LogP contribution in [0.3, 0.4) is 0 Å². The summed E-state index contributed by atoms with van der Waals surface area (Å²) in [5.74, 6) is 0.764. The molecule has 2 rings (SSSR count). The number of hydrogen-bond donors (Lipinski definition) is 1. The molecule has 0 heterocycles. The molecule has 0 fully saturated rings. The van der Waals surface area contributed by atoms with Gasteiger partial charge in [0, 0.05) is 5.54 Å². The first-order chi connectivity index (χ1) is 9.77. The van der Waals surface area contributed by atoms with Gasteiger partial charge in [-0.05, 0) is 81.9 Å². The topological polar surface area (TPSA) is 12.0 Å². The molecular weight excluding hydrogens is 254 g/mol. The van der Waals surface area contributed by atoms with E-state index in [2.05, 4.69) is 64.2 Å². The van der Waals surface area contributed by atoms with Crippen LogP contribution in [0.5, 0.6) is 0 Å². The number of fused-ring (bicyclic) bond motifs is 1. The van der Waals surface area contributed by atoms with E-state index >= 15 is 0 Å². The van der Waals surface area contributed by atoms with E-state index in [1.54, 1.807) is 11.1 Å². The second kappa shape index (κ2) is 6.52. The molecule has 0 radical (unpaired) electrons. The fraction of sp³-hybridized carbons (Fsp3) is 0.700. The van der Waals surface area contributed by atoms with E-state index in [4.69, 9.17) is 0 Å². The lowest BCUT2D eigenvalue weighted by atomic mass is 9.72. The van der Waals surface area contributed by atoms with Crippen LogP contribution in [0.1, 0.15) is 77.3 Å². The molecule has 1 heteroatoms. The molecule has 1 aliphatic rings. The molecule has 1 aromatic rings. The minimum Gasteiger partial charge on any atom is -0.312 e. The molecule has 0 spiro atoms. The number of benzene rings is 1. The van der Waals surface area contributed by atoms with Crippen LogP contribution in [0.15, 0.2) is 24.3 Å². The molecule has 1 atom stereocenters. The monoisotopic (exact) mass is 287 g/mol. The average molecular weight is 287 g/mol. The van der Waals surface area contributed by atoms with E-state index in [-0.39, 0.29) is 5.54 Å². The number of rotatable bonds is 5. The molecule has 0 aliphatic heterocycles. The largest absolute Gasteiger partial charge is 0.312 e. The summed E-state index contributed by atoms with van der Waals surface area (Å²) < 4.78 is 0. The van der Waals surface area contributed by atoms with E-state index in [0.29, 0.717) is 5.41 Å². The Bertz CT molecular complexity index is 453. The third-order valence-electron chi connectivity index (χ3n) is 4.75. The van der Waals surface area contributed by atoms with E-state index in [9.17, 15) is 0 Å². The summed E-state index contributed by atoms with van der Waals surface area (Å²) in [6.07, 6.45) is 6.57. The molecule has 0 saturated carbocycles. The molecule has 1 aliphatic carbocycles. The van der Waals surface area contributed by atoms with Gasteiger partial charge in [-0.15, -0.1) is 0 Å².